The minimum absolute atomic E-state index is 0.0420. The van der Waals surface area contributed by atoms with Gasteiger partial charge in [-0.05, 0) is 50.6 Å². The van der Waals surface area contributed by atoms with Crippen molar-refractivity contribution in [2.75, 3.05) is 24.5 Å². The minimum Gasteiger partial charge on any atom is -0.457 e. The van der Waals surface area contributed by atoms with E-state index >= 15 is 0 Å². The van der Waals surface area contributed by atoms with Crippen LogP contribution in [0, 0.1) is 0 Å². The monoisotopic (exact) mass is 488 g/mol. The van der Waals surface area contributed by atoms with E-state index in [1.807, 2.05) is 37.3 Å². The molecule has 4 rings (SSSR count). The Bertz CT molecular complexity index is 1170. The molecule has 0 spiro atoms. The summed E-state index contributed by atoms with van der Waals surface area (Å²) in [7, 11) is -3.28. The van der Waals surface area contributed by atoms with E-state index in [0.29, 0.717) is 41.9 Å². The molecule has 3 aromatic rings. The van der Waals surface area contributed by atoms with Gasteiger partial charge in [-0.15, -0.1) is 0 Å². The summed E-state index contributed by atoms with van der Waals surface area (Å²) in [6.07, 6.45) is -0.960. The molecular formula is C23H28N4O4S2. The van der Waals surface area contributed by atoms with Crippen LogP contribution < -0.4 is 9.64 Å². The number of para-hydroxylation sites is 1. The van der Waals surface area contributed by atoms with E-state index in [9.17, 15) is 13.5 Å². The number of aliphatic hydroxyl groups excluding tert-OH is 1. The highest BCUT2D eigenvalue weighted by Gasteiger charge is 2.34. The molecule has 0 radical (unpaired) electrons. The lowest BCUT2D eigenvalue weighted by atomic mass is 10.1. The Labute approximate surface area is 198 Å². The van der Waals surface area contributed by atoms with Crippen molar-refractivity contribution in [3.63, 3.8) is 0 Å². The number of nitrogens with zero attached hydrogens (tertiary/aromatic N) is 4. The van der Waals surface area contributed by atoms with Crippen molar-refractivity contribution in [2.45, 2.75) is 38.2 Å². The van der Waals surface area contributed by atoms with Gasteiger partial charge in [0.2, 0.25) is 15.2 Å². The Morgan fingerprint density at radius 1 is 1.06 bits per heavy atom. The maximum absolute atomic E-state index is 12.5. The smallest absolute Gasteiger partial charge is 0.216 e. The third-order valence-corrected chi connectivity index (χ3v) is 8.65. The van der Waals surface area contributed by atoms with Crippen LogP contribution in [0.15, 0.2) is 54.6 Å². The van der Waals surface area contributed by atoms with Gasteiger partial charge in [0.15, 0.2) is 5.82 Å². The standard InChI is InChI=1S/C23H28N4O4S2/c1-16(2)33(29,30)26-13-14-27(17(3)15-26)23-24-22(25-32-23)21(28)18-9-11-20(12-10-18)31-19-7-5-4-6-8-19/h4-12,16-17,21,28H,13-15H2,1-3H3. The second-order valence-electron chi connectivity index (χ2n) is 8.32. The molecule has 2 heterocycles. The molecule has 1 saturated heterocycles. The number of hydrogen-bond donors (Lipinski definition) is 1. The fraction of sp³-hybridized carbons (Fsp3) is 0.391. The van der Waals surface area contributed by atoms with Crippen molar-refractivity contribution < 1.29 is 18.3 Å². The molecule has 8 nitrogen and oxygen atoms in total. The van der Waals surface area contributed by atoms with Crippen molar-refractivity contribution in [3.05, 3.63) is 66.0 Å². The summed E-state index contributed by atoms with van der Waals surface area (Å²) >= 11 is 1.21. The first-order valence-electron chi connectivity index (χ1n) is 10.9. The summed E-state index contributed by atoms with van der Waals surface area (Å²) in [5, 5.41) is 11.0. The number of benzene rings is 2. The lowest BCUT2D eigenvalue weighted by molar-refractivity contribution is 0.211. The number of rotatable bonds is 7. The molecule has 1 N–H and O–H groups in total. The Kier molecular flexibility index (Phi) is 6.99. The normalized spacial score (nSPS) is 18.5. The zero-order valence-corrected chi connectivity index (χ0v) is 20.5. The van der Waals surface area contributed by atoms with Crippen LogP contribution in [-0.4, -0.2) is 58.1 Å². The van der Waals surface area contributed by atoms with Crippen molar-refractivity contribution in [1.82, 2.24) is 13.7 Å². The van der Waals surface area contributed by atoms with Gasteiger partial charge in [-0.25, -0.2) is 13.4 Å². The second kappa shape index (κ2) is 9.76. The van der Waals surface area contributed by atoms with Gasteiger partial charge in [0.05, 0.1) is 5.25 Å². The summed E-state index contributed by atoms with van der Waals surface area (Å²) in [4.78, 5) is 6.61. The van der Waals surface area contributed by atoms with Crippen molar-refractivity contribution in [3.8, 4) is 11.5 Å². The van der Waals surface area contributed by atoms with E-state index in [1.165, 1.54) is 11.5 Å². The van der Waals surface area contributed by atoms with Crippen LogP contribution >= 0.6 is 11.5 Å². The van der Waals surface area contributed by atoms with E-state index in [0.717, 1.165) is 5.75 Å². The van der Waals surface area contributed by atoms with Crippen LogP contribution in [0.3, 0.4) is 0 Å². The van der Waals surface area contributed by atoms with Gasteiger partial charge in [-0.2, -0.15) is 8.68 Å². The lowest BCUT2D eigenvalue weighted by Gasteiger charge is -2.39. The van der Waals surface area contributed by atoms with Crippen LogP contribution in [-0.2, 0) is 10.0 Å². The molecule has 1 aliphatic rings. The summed E-state index contributed by atoms with van der Waals surface area (Å²) in [5.41, 5.74) is 0.667. The fourth-order valence-electron chi connectivity index (χ4n) is 3.68. The summed E-state index contributed by atoms with van der Waals surface area (Å²) < 4.78 is 36.7. The van der Waals surface area contributed by atoms with Crippen molar-refractivity contribution in [1.29, 1.82) is 0 Å². The van der Waals surface area contributed by atoms with Gasteiger partial charge in [0.25, 0.3) is 0 Å². The third-order valence-electron chi connectivity index (χ3n) is 5.64. The first-order chi connectivity index (χ1) is 15.8. The molecule has 1 aromatic heterocycles. The Morgan fingerprint density at radius 2 is 1.73 bits per heavy atom. The van der Waals surface area contributed by atoms with E-state index in [1.54, 1.807) is 42.4 Å². The van der Waals surface area contributed by atoms with Gasteiger partial charge in [0.1, 0.15) is 17.6 Å². The van der Waals surface area contributed by atoms with Crippen LogP contribution in [0.2, 0.25) is 0 Å². The largest absolute Gasteiger partial charge is 0.457 e. The predicted octanol–water partition coefficient (Wildman–Crippen LogP) is 3.66. The summed E-state index contributed by atoms with van der Waals surface area (Å²) in [5.74, 6) is 1.75. The lowest BCUT2D eigenvalue weighted by Crippen LogP contribution is -2.54. The summed E-state index contributed by atoms with van der Waals surface area (Å²) in [6.45, 7) is 6.72. The predicted molar refractivity (Wildman–Crippen MR) is 129 cm³/mol. The number of aliphatic hydroxyl groups is 1. The number of sulfonamides is 1. The minimum atomic E-state index is -3.28. The third kappa shape index (κ3) is 5.19. The maximum Gasteiger partial charge on any atom is 0.216 e. The Balaban J connectivity index is 1.42. The van der Waals surface area contributed by atoms with E-state index in [2.05, 4.69) is 14.3 Å². The first kappa shape index (κ1) is 23.6. The number of anilines is 1. The molecule has 2 aromatic carbocycles. The highest BCUT2D eigenvalue weighted by atomic mass is 32.2. The van der Waals surface area contributed by atoms with Crippen LogP contribution in [0.25, 0.3) is 0 Å². The molecule has 2 unspecified atom stereocenters. The molecular weight excluding hydrogens is 460 g/mol. The Hall–Kier alpha value is -2.53. The van der Waals surface area contributed by atoms with Crippen molar-refractivity contribution in [2.24, 2.45) is 0 Å². The maximum atomic E-state index is 12.5. The SMILES string of the molecule is CC1CN(S(=O)(=O)C(C)C)CCN1c1nc(C(O)c2ccc(Oc3ccccc3)cc2)ns1. The van der Waals surface area contributed by atoms with E-state index < -0.39 is 21.4 Å². The van der Waals surface area contributed by atoms with Crippen molar-refractivity contribution >= 4 is 26.7 Å². The van der Waals surface area contributed by atoms with Gasteiger partial charge in [-0.1, -0.05) is 30.3 Å². The topological polar surface area (TPSA) is 95.9 Å². The van der Waals surface area contributed by atoms with E-state index in [4.69, 9.17) is 4.74 Å². The van der Waals surface area contributed by atoms with Crippen LogP contribution in [0.4, 0.5) is 5.13 Å². The summed E-state index contributed by atoms with van der Waals surface area (Å²) in [6, 6.07) is 16.6. The quantitative estimate of drug-likeness (QED) is 0.542. The van der Waals surface area contributed by atoms with Gasteiger partial charge in [-0.3, -0.25) is 0 Å². The molecule has 2 atom stereocenters. The number of piperazine rings is 1. The van der Waals surface area contributed by atoms with Gasteiger partial charge >= 0.3 is 0 Å². The average molecular weight is 489 g/mol. The van der Waals surface area contributed by atoms with Crippen LogP contribution in [0.5, 0.6) is 11.5 Å². The molecule has 0 amide bonds. The molecule has 0 aliphatic carbocycles. The molecule has 176 valence electrons. The highest BCUT2D eigenvalue weighted by Crippen LogP contribution is 2.29. The molecule has 1 aliphatic heterocycles. The Morgan fingerprint density at radius 3 is 2.36 bits per heavy atom. The van der Waals surface area contributed by atoms with E-state index in [-0.39, 0.29) is 6.04 Å². The number of ether oxygens (including phenoxy) is 1. The average Bonchev–Trinajstić information content (AvgIpc) is 3.29. The molecule has 10 heteroatoms. The molecule has 1 fully saturated rings. The van der Waals surface area contributed by atoms with Gasteiger partial charge in [0, 0.05) is 37.2 Å². The molecule has 0 bridgehead atoms. The fourth-order valence-corrected chi connectivity index (χ4v) is 5.87. The molecule has 0 saturated carbocycles. The molecule has 33 heavy (non-hydrogen) atoms. The number of aromatic nitrogens is 2. The number of hydrogen-bond acceptors (Lipinski definition) is 8. The van der Waals surface area contributed by atoms with Gasteiger partial charge < -0.3 is 14.7 Å². The zero-order chi connectivity index (χ0) is 23.6. The second-order valence-corrected chi connectivity index (χ2v) is 11.5. The first-order valence-corrected chi connectivity index (χ1v) is 13.1. The highest BCUT2D eigenvalue weighted by molar-refractivity contribution is 7.89. The zero-order valence-electron chi connectivity index (χ0n) is 18.8. The van der Waals surface area contributed by atoms with Crippen LogP contribution in [0.1, 0.15) is 38.3 Å².